The monoisotopic (exact) mass is 231 g/mol. The third kappa shape index (κ3) is 5.68. The van der Waals surface area contributed by atoms with E-state index in [1.807, 2.05) is 0 Å². The van der Waals surface area contributed by atoms with Gasteiger partial charge in [0.25, 0.3) is 0 Å². The van der Waals surface area contributed by atoms with Crippen LogP contribution < -0.4 is 34.3 Å². The van der Waals surface area contributed by atoms with E-state index in [-0.39, 0.29) is 43.6 Å². The first-order valence-corrected chi connectivity index (χ1v) is 6.21. The van der Waals surface area contributed by atoms with Gasteiger partial charge in [-0.15, -0.1) is 0 Å². The number of nitrogens with one attached hydrogen (secondary N) is 1. The summed E-state index contributed by atoms with van der Waals surface area (Å²) in [5.74, 6) is 0. The minimum absolute atomic E-state index is 0. The van der Waals surface area contributed by atoms with Crippen molar-refractivity contribution in [2.75, 3.05) is 6.61 Å². The van der Waals surface area contributed by atoms with Gasteiger partial charge in [-0.05, 0) is 19.8 Å². The topological polar surface area (TPSA) is 55.4 Å². The first-order valence-electron chi connectivity index (χ1n) is 4.81. The predicted octanol–water partition coefficient (Wildman–Crippen LogP) is -1.69. The molecule has 6 heteroatoms. The van der Waals surface area contributed by atoms with Gasteiger partial charge in [-0.3, -0.25) is 4.18 Å². The van der Waals surface area contributed by atoms with Crippen molar-refractivity contribution in [3.8, 4) is 0 Å². The molecule has 0 heterocycles. The maximum absolute atomic E-state index is 11.2. The molecule has 0 atom stereocenters. The van der Waals surface area contributed by atoms with E-state index in [0.717, 1.165) is 25.7 Å². The van der Waals surface area contributed by atoms with Crippen LogP contribution in [0.2, 0.25) is 0 Å². The van der Waals surface area contributed by atoms with Crippen molar-refractivity contribution in [2.45, 2.75) is 45.1 Å². The fraction of sp³-hybridized carbons (Fsp3) is 1.00. The Balaban J connectivity index is 0. The summed E-state index contributed by atoms with van der Waals surface area (Å²) in [5.41, 5.74) is 0. The minimum atomic E-state index is -3.48. The molecule has 1 N–H and O–H groups in total. The second kappa shape index (κ2) is 7.19. The van der Waals surface area contributed by atoms with Crippen LogP contribution in [0.1, 0.15) is 40.5 Å². The van der Waals surface area contributed by atoms with Gasteiger partial charge in [0, 0.05) is 6.04 Å². The van der Waals surface area contributed by atoms with Gasteiger partial charge in [-0.2, -0.15) is 13.1 Å². The van der Waals surface area contributed by atoms with E-state index in [2.05, 4.69) is 8.91 Å². The molecule has 1 rings (SSSR count). The summed E-state index contributed by atoms with van der Waals surface area (Å²) in [6, 6.07) is 0.0882. The first-order chi connectivity index (χ1) is 6.14. The summed E-state index contributed by atoms with van der Waals surface area (Å²) in [4.78, 5) is 0. The standard InChI is InChI=1S/C8H17NO3S.Na.H/c1-2-12-13(10,11)9-8-6-4-3-5-7-8;;/h8-9H,2-7H2,1H3;;/q;+1;-1. The molecule has 80 valence electrons. The molecule has 0 radical (unpaired) electrons. The fourth-order valence-corrected chi connectivity index (χ4v) is 2.64. The second-order valence-electron chi connectivity index (χ2n) is 3.31. The molecule has 0 aromatic carbocycles. The van der Waals surface area contributed by atoms with Crippen LogP contribution in [0.25, 0.3) is 0 Å². The van der Waals surface area contributed by atoms with E-state index in [4.69, 9.17) is 0 Å². The molecule has 1 fully saturated rings. The van der Waals surface area contributed by atoms with Crippen LogP contribution in [0.4, 0.5) is 0 Å². The Morgan fingerprint density at radius 1 is 1.36 bits per heavy atom. The Morgan fingerprint density at radius 2 is 1.93 bits per heavy atom. The third-order valence-corrected chi connectivity index (χ3v) is 3.36. The summed E-state index contributed by atoms with van der Waals surface area (Å²) in [6.07, 6.45) is 5.31. The van der Waals surface area contributed by atoms with Gasteiger partial charge in [0.05, 0.1) is 6.61 Å². The van der Waals surface area contributed by atoms with Gasteiger partial charge in [0.1, 0.15) is 0 Å². The Morgan fingerprint density at radius 3 is 2.43 bits per heavy atom. The molecule has 0 aromatic heterocycles. The van der Waals surface area contributed by atoms with Crippen LogP contribution >= 0.6 is 0 Å². The zero-order chi connectivity index (χ0) is 9.73. The summed E-state index contributed by atoms with van der Waals surface area (Å²) in [6.45, 7) is 1.86. The SMILES string of the molecule is CCOS(=O)(=O)NC1CCCCC1.[H-].[Na+]. The summed E-state index contributed by atoms with van der Waals surface area (Å²) < 4.78 is 29.5. The van der Waals surface area contributed by atoms with Crippen molar-refractivity contribution < 1.29 is 43.6 Å². The molecule has 0 aliphatic heterocycles. The van der Waals surface area contributed by atoms with E-state index in [1.165, 1.54) is 6.42 Å². The third-order valence-electron chi connectivity index (χ3n) is 2.19. The van der Waals surface area contributed by atoms with Crippen LogP contribution in [0.3, 0.4) is 0 Å². The van der Waals surface area contributed by atoms with Crippen LogP contribution in [0, 0.1) is 0 Å². The van der Waals surface area contributed by atoms with Crippen molar-refractivity contribution in [1.82, 2.24) is 4.72 Å². The molecule has 0 unspecified atom stereocenters. The summed E-state index contributed by atoms with van der Waals surface area (Å²) in [5, 5.41) is 0. The molecule has 0 saturated heterocycles. The zero-order valence-electron chi connectivity index (χ0n) is 9.95. The van der Waals surface area contributed by atoms with Crippen LogP contribution in [-0.2, 0) is 14.5 Å². The Bertz CT molecular complexity index is 242. The van der Waals surface area contributed by atoms with Gasteiger partial charge in [0.15, 0.2) is 0 Å². The molecule has 14 heavy (non-hydrogen) atoms. The van der Waals surface area contributed by atoms with Crippen molar-refractivity contribution in [3.05, 3.63) is 0 Å². The maximum Gasteiger partial charge on any atom is 1.00 e. The largest absolute Gasteiger partial charge is 1.00 e. The number of hydrogen-bond donors (Lipinski definition) is 1. The Kier molecular flexibility index (Phi) is 7.64. The Hall–Kier alpha value is 0.870. The molecule has 0 bridgehead atoms. The van der Waals surface area contributed by atoms with Crippen molar-refractivity contribution in [3.63, 3.8) is 0 Å². The quantitative estimate of drug-likeness (QED) is 0.587. The summed E-state index contributed by atoms with van der Waals surface area (Å²) in [7, 11) is -3.48. The van der Waals surface area contributed by atoms with Crippen LogP contribution in [0.15, 0.2) is 0 Å². The van der Waals surface area contributed by atoms with Crippen LogP contribution in [0.5, 0.6) is 0 Å². The van der Waals surface area contributed by atoms with Gasteiger partial charge in [-0.25, -0.2) is 0 Å². The van der Waals surface area contributed by atoms with Gasteiger partial charge in [-0.1, -0.05) is 19.3 Å². The second-order valence-corrected chi connectivity index (χ2v) is 4.69. The van der Waals surface area contributed by atoms with Gasteiger partial charge in [0.2, 0.25) is 0 Å². The Labute approximate surface area is 110 Å². The summed E-state index contributed by atoms with van der Waals surface area (Å²) >= 11 is 0. The van der Waals surface area contributed by atoms with E-state index in [0.29, 0.717) is 0 Å². The molecule has 1 saturated carbocycles. The van der Waals surface area contributed by atoms with Crippen molar-refractivity contribution in [2.24, 2.45) is 0 Å². The minimum Gasteiger partial charge on any atom is -1.00 e. The molecule has 1 aliphatic rings. The van der Waals surface area contributed by atoms with Crippen molar-refractivity contribution >= 4 is 10.3 Å². The smallest absolute Gasteiger partial charge is 1.00 e. The van der Waals surface area contributed by atoms with E-state index < -0.39 is 10.3 Å². The molecule has 0 aromatic rings. The first kappa shape index (κ1) is 14.9. The van der Waals surface area contributed by atoms with Gasteiger partial charge < -0.3 is 1.43 Å². The molecule has 4 nitrogen and oxygen atoms in total. The average Bonchev–Trinajstić information content (AvgIpc) is 2.04. The fourth-order valence-electron chi connectivity index (χ4n) is 1.61. The zero-order valence-corrected chi connectivity index (χ0v) is 11.8. The van der Waals surface area contributed by atoms with Crippen LogP contribution in [-0.4, -0.2) is 21.1 Å². The molecule has 0 spiro atoms. The van der Waals surface area contributed by atoms with E-state index in [9.17, 15) is 8.42 Å². The number of rotatable bonds is 4. The molecule has 1 aliphatic carbocycles. The maximum atomic E-state index is 11.2. The predicted molar refractivity (Wildman–Crippen MR) is 51.7 cm³/mol. The average molecular weight is 231 g/mol. The molecule has 0 amide bonds. The van der Waals surface area contributed by atoms with Gasteiger partial charge >= 0.3 is 39.9 Å². The normalized spacial score (nSPS) is 18.9. The molecular formula is C8H18NNaO3S. The van der Waals surface area contributed by atoms with E-state index >= 15 is 0 Å². The molecular weight excluding hydrogens is 213 g/mol. The van der Waals surface area contributed by atoms with E-state index in [1.54, 1.807) is 6.92 Å². The number of hydrogen-bond acceptors (Lipinski definition) is 3. The van der Waals surface area contributed by atoms with Crippen molar-refractivity contribution in [1.29, 1.82) is 0 Å².